The highest BCUT2D eigenvalue weighted by Crippen LogP contribution is 2.11. The van der Waals surface area contributed by atoms with E-state index in [0.29, 0.717) is 25.2 Å². The Bertz CT molecular complexity index is 304. The third-order valence-electron chi connectivity index (χ3n) is 2.44. The summed E-state index contributed by atoms with van der Waals surface area (Å²) in [6.07, 6.45) is 1.13. The highest BCUT2D eigenvalue weighted by molar-refractivity contribution is 5.77. The van der Waals surface area contributed by atoms with Gasteiger partial charge >= 0.3 is 5.97 Å². The topological polar surface area (TPSA) is 102 Å². The maximum Gasteiger partial charge on any atom is 0.320 e. The lowest BCUT2D eigenvalue weighted by Gasteiger charge is -2.08. The highest BCUT2D eigenvalue weighted by atomic mass is 16.4. The second-order valence-electron chi connectivity index (χ2n) is 4.00. The minimum Gasteiger partial charge on any atom is -0.480 e. The van der Waals surface area contributed by atoms with Crippen molar-refractivity contribution in [3.63, 3.8) is 0 Å². The molecule has 92 valence electrons. The van der Waals surface area contributed by atoms with E-state index < -0.39 is 12.0 Å². The van der Waals surface area contributed by atoms with E-state index >= 15 is 0 Å². The molecule has 0 saturated heterocycles. The number of aliphatic carboxylic acids is 1. The number of hydrogen-bond acceptors (Lipinski definition) is 3. The summed E-state index contributed by atoms with van der Waals surface area (Å²) in [4.78, 5) is 14.6. The van der Waals surface area contributed by atoms with Crippen LogP contribution in [0.3, 0.4) is 0 Å². The molecule has 0 rings (SSSR count). The summed E-state index contributed by atoms with van der Waals surface area (Å²) in [5.74, 6) is -0.407. The molecule has 5 heteroatoms. The zero-order chi connectivity index (χ0) is 12.7. The zero-order valence-corrected chi connectivity index (χ0v) is 10.2. The van der Waals surface area contributed by atoms with Crippen LogP contribution in [0.4, 0.5) is 0 Å². The van der Waals surface area contributed by atoms with Gasteiger partial charge in [-0.25, -0.2) is 0 Å². The Morgan fingerprint density at radius 3 is 2.31 bits per heavy atom. The third-order valence-corrected chi connectivity index (χ3v) is 2.44. The lowest BCUT2D eigenvalue weighted by atomic mass is 10.0. The number of aliphatic imine (C=N–C) groups is 1. The molecule has 0 aliphatic rings. The van der Waals surface area contributed by atoms with Crippen LogP contribution in [0.5, 0.6) is 0 Å². The van der Waals surface area contributed by atoms with Crippen molar-refractivity contribution >= 4 is 11.8 Å². The first kappa shape index (κ1) is 14.6. The largest absolute Gasteiger partial charge is 0.480 e. The van der Waals surface area contributed by atoms with Crippen LogP contribution < -0.4 is 11.5 Å². The summed E-state index contributed by atoms with van der Waals surface area (Å²) in [5.41, 5.74) is 13.1. The van der Waals surface area contributed by atoms with Crippen LogP contribution in [0, 0.1) is 0 Å². The molecule has 5 nitrogen and oxygen atoms in total. The minimum atomic E-state index is -0.957. The first-order valence-electron chi connectivity index (χ1n) is 5.24. The molecule has 0 saturated carbocycles. The number of carboxylic acid groups (broad SMARTS) is 1. The predicted molar refractivity (Wildman–Crippen MR) is 65.4 cm³/mol. The molecule has 0 bridgehead atoms. The summed E-state index contributed by atoms with van der Waals surface area (Å²) in [5, 5.41) is 8.63. The fraction of sp³-hybridized carbons (Fsp3) is 0.636. The van der Waals surface area contributed by atoms with Gasteiger partial charge in [0.15, 0.2) is 0 Å². The van der Waals surface area contributed by atoms with Gasteiger partial charge in [0.05, 0.1) is 12.4 Å². The number of nitrogens with two attached hydrogens (primary N) is 2. The van der Waals surface area contributed by atoms with Crippen LogP contribution >= 0.6 is 0 Å². The molecule has 1 atom stereocenters. The van der Waals surface area contributed by atoms with Crippen molar-refractivity contribution in [3.8, 4) is 0 Å². The van der Waals surface area contributed by atoms with E-state index in [4.69, 9.17) is 16.6 Å². The Kier molecular flexibility index (Phi) is 6.41. The van der Waals surface area contributed by atoms with Crippen LogP contribution in [0.15, 0.2) is 16.1 Å². The predicted octanol–water partition coefficient (Wildman–Crippen LogP) is 0.892. The standard InChI is InChI=1S/C11H21N3O2/c1-7(4-5-10(13)11(15)16)8(2)6-14-9(3)12/h10H,4-6,13H2,1-3H3,(H2,12,14)(H,15,16)/b8-7-. The van der Waals surface area contributed by atoms with Crippen molar-refractivity contribution in [2.24, 2.45) is 16.5 Å². The molecule has 0 heterocycles. The summed E-state index contributed by atoms with van der Waals surface area (Å²) in [7, 11) is 0. The zero-order valence-electron chi connectivity index (χ0n) is 10.2. The normalized spacial score (nSPS) is 15.6. The fourth-order valence-corrected chi connectivity index (χ4v) is 1.09. The third kappa shape index (κ3) is 6.19. The number of carboxylic acids is 1. The molecule has 0 aliphatic heterocycles. The van der Waals surface area contributed by atoms with Crippen molar-refractivity contribution in [3.05, 3.63) is 11.1 Å². The Morgan fingerprint density at radius 1 is 1.31 bits per heavy atom. The van der Waals surface area contributed by atoms with Crippen LogP contribution in [-0.4, -0.2) is 29.5 Å². The lowest BCUT2D eigenvalue weighted by molar-refractivity contribution is -0.138. The average Bonchev–Trinajstić information content (AvgIpc) is 2.21. The van der Waals surface area contributed by atoms with Gasteiger partial charge in [-0.3, -0.25) is 9.79 Å². The number of nitrogens with zero attached hydrogens (tertiary/aromatic N) is 1. The molecular weight excluding hydrogens is 206 g/mol. The molecule has 0 fully saturated rings. The van der Waals surface area contributed by atoms with E-state index in [1.54, 1.807) is 6.92 Å². The Morgan fingerprint density at radius 2 is 1.88 bits per heavy atom. The van der Waals surface area contributed by atoms with Crippen molar-refractivity contribution in [1.82, 2.24) is 0 Å². The van der Waals surface area contributed by atoms with E-state index in [1.165, 1.54) is 0 Å². The van der Waals surface area contributed by atoms with Crippen molar-refractivity contribution in [2.45, 2.75) is 39.7 Å². The van der Waals surface area contributed by atoms with Crippen LogP contribution in [0.25, 0.3) is 0 Å². The highest BCUT2D eigenvalue weighted by Gasteiger charge is 2.11. The smallest absolute Gasteiger partial charge is 0.320 e. The van der Waals surface area contributed by atoms with Gasteiger partial charge in [0.25, 0.3) is 0 Å². The Balaban J connectivity index is 4.21. The quantitative estimate of drug-likeness (QED) is 0.356. The summed E-state index contributed by atoms with van der Waals surface area (Å²) in [6, 6.07) is -0.789. The Hall–Kier alpha value is -1.36. The van der Waals surface area contributed by atoms with Crippen LogP contribution in [0.1, 0.15) is 33.6 Å². The molecular formula is C11H21N3O2. The molecule has 0 aromatic heterocycles. The van der Waals surface area contributed by atoms with Gasteiger partial charge in [-0.15, -0.1) is 0 Å². The monoisotopic (exact) mass is 227 g/mol. The average molecular weight is 227 g/mol. The van der Waals surface area contributed by atoms with Gasteiger partial charge in [0.1, 0.15) is 6.04 Å². The number of carbonyl (C=O) groups is 1. The molecule has 1 unspecified atom stereocenters. The van der Waals surface area contributed by atoms with E-state index in [1.807, 2.05) is 13.8 Å². The molecule has 0 aromatic rings. The SMILES string of the molecule is CC(N)=NC/C(C)=C(/C)CCC(N)C(=O)O. The van der Waals surface area contributed by atoms with Gasteiger partial charge < -0.3 is 16.6 Å². The van der Waals surface area contributed by atoms with Crippen LogP contribution in [-0.2, 0) is 4.79 Å². The molecule has 0 amide bonds. The first-order valence-corrected chi connectivity index (χ1v) is 5.24. The molecule has 0 aromatic carbocycles. The first-order chi connectivity index (χ1) is 7.34. The van der Waals surface area contributed by atoms with Gasteiger partial charge in [0.2, 0.25) is 0 Å². The summed E-state index contributed by atoms with van der Waals surface area (Å²) in [6.45, 7) is 6.23. The Labute approximate surface area is 96.2 Å². The van der Waals surface area contributed by atoms with Crippen molar-refractivity contribution < 1.29 is 9.90 Å². The van der Waals surface area contributed by atoms with Crippen LogP contribution in [0.2, 0.25) is 0 Å². The summed E-state index contributed by atoms with van der Waals surface area (Å²) >= 11 is 0. The number of amidine groups is 1. The van der Waals surface area contributed by atoms with Crippen molar-refractivity contribution in [2.75, 3.05) is 6.54 Å². The number of rotatable bonds is 6. The van der Waals surface area contributed by atoms with Gasteiger partial charge in [-0.2, -0.15) is 0 Å². The maximum atomic E-state index is 10.5. The fourth-order valence-electron chi connectivity index (χ4n) is 1.09. The molecule has 0 spiro atoms. The van der Waals surface area contributed by atoms with Gasteiger partial charge in [-0.05, 0) is 33.6 Å². The van der Waals surface area contributed by atoms with Crippen molar-refractivity contribution in [1.29, 1.82) is 0 Å². The van der Waals surface area contributed by atoms with E-state index in [9.17, 15) is 4.79 Å². The molecule has 5 N–H and O–H groups in total. The molecule has 16 heavy (non-hydrogen) atoms. The van der Waals surface area contributed by atoms with Gasteiger partial charge in [0, 0.05) is 0 Å². The van der Waals surface area contributed by atoms with E-state index in [2.05, 4.69) is 4.99 Å². The lowest BCUT2D eigenvalue weighted by Crippen LogP contribution is -2.29. The number of allylic oxidation sites excluding steroid dienone is 1. The molecule has 0 radical (unpaired) electrons. The minimum absolute atomic E-state index is 0.448. The molecule has 0 aliphatic carbocycles. The van der Waals surface area contributed by atoms with Gasteiger partial charge in [-0.1, -0.05) is 11.1 Å². The maximum absolute atomic E-state index is 10.5. The van der Waals surface area contributed by atoms with E-state index in [0.717, 1.165) is 11.1 Å². The summed E-state index contributed by atoms with van der Waals surface area (Å²) < 4.78 is 0. The second-order valence-corrected chi connectivity index (χ2v) is 4.00. The second kappa shape index (κ2) is 7.00. The number of hydrogen-bond donors (Lipinski definition) is 3. The van der Waals surface area contributed by atoms with E-state index in [-0.39, 0.29) is 0 Å².